The highest BCUT2D eigenvalue weighted by Gasteiger charge is 2.51. The molecule has 0 saturated heterocycles. The molecule has 1 aliphatic carbocycles. The van der Waals surface area contributed by atoms with Crippen LogP contribution in [0.4, 0.5) is 0 Å². The highest BCUT2D eigenvalue weighted by Crippen LogP contribution is 2.47. The van der Waals surface area contributed by atoms with Crippen molar-refractivity contribution in [3.8, 4) is 0 Å². The molecule has 1 fully saturated rings. The van der Waals surface area contributed by atoms with Crippen molar-refractivity contribution in [2.75, 3.05) is 13.2 Å². The molecule has 6 unspecified atom stereocenters. The fourth-order valence-corrected chi connectivity index (χ4v) is 6.87. The number of aliphatic hydroxyl groups is 5. The number of ether oxygens (including phenoxy) is 2. The molecule has 0 aromatic rings. The topological polar surface area (TPSA) is 210 Å². The molecule has 13 nitrogen and oxygen atoms in total. The first kappa shape index (κ1) is 54.0. The molecule has 1 aliphatic rings. The molecule has 0 aromatic heterocycles. The Labute approximate surface area is 352 Å². The molecule has 0 radical (unpaired) electrons. The summed E-state index contributed by atoms with van der Waals surface area (Å²) < 4.78 is 33.4. The maximum Gasteiger partial charge on any atom is 0.472 e. The predicted molar refractivity (Wildman–Crippen MR) is 230 cm³/mol. The van der Waals surface area contributed by atoms with Crippen molar-refractivity contribution in [3.63, 3.8) is 0 Å². The summed E-state index contributed by atoms with van der Waals surface area (Å²) in [6, 6.07) is 0. The van der Waals surface area contributed by atoms with Gasteiger partial charge in [-0.15, -0.1) is 0 Å². The van der Waals surface area contributed by atoms with E-state index in [0.29, 0.717) is 12.8 Å². The van der Waals surface area contributed by atoms with Crippen molar-refractivity contribution < 1.29 is 63.1 Å². The number of phosphoric acid groups is 1. The molecule has 1 rings (SSSR count). The largest absolute Gasteiger partial charge is 0.472 e. The lowest BCUT2D eigenvalue weighted by Crippen LogP contribution is -2.64. The lowest BCUT2D eigenvalue weighted by Gasteiger charge is -2.41. The second kappa shape index (κ2) is 34.7. The Balaban J connectivity index is 2.53. The number of hydrogen-bond acceptors (Lipinski definition) is 12. The highest BCUT2D eigenvalue weighted by atomic mass is 31.2. The van der Waals surface area contributed by atoms with Crippen molar-refractivity contribution in [1.29, 1.82) is 0 Å². The van der Waals surface area contributed by atoms with Crippen molar-refractivity contribution in [2.45, 2.75) is 172 Å². The fourth-order valence-electron chi connectivity index (χ4n) is 5.90. The van der Waals surface area contributed by atoms with Crippen LogP contribution in [-0.4, -0.2) is 98.3 Å². The van der Waals surface area contributed by atoms with Crippen molar-refractivity contribution >= 4 is 19.8 Å². The highest BCUT2D eigenvalue weighted by molar-refractivity contribution is 7.47. The predicted octanol–water partition coefficient (Wildman–Crippen LogP) is 7.72. The molecule has 1 saturated carbocycles. The van der Waals surface area contributed by atoms with Crippen LogP contribution in [0.1, 0.15) is 129 Å². The van der Waals surface area contributed by atoms with E-state index in [1.807, 2.05) is 36.5 Å². The maximum atomic E-state index is 12.8. The molecule has 0 amide bonds. The third-order valence-electron chi connectivity index (χ3n) is 9.33. The third-order valence-corrected chi connectivity index (χ3v) is 10.3. The molecule has 0 aromatic carbocycles. The number of phosphoric ester groups is 1. The molecule has 336 valence electrons. The molecule has 8 atom stereocenters. The van der Waals surface area contributed by atoms with Gasteiger partial charge < -0.3 is 39.9 Å². The van der Waals surface area contributed by atoms with Crippen LogP contribution in [0, 0.1) is 0 Å². The van der Waals surface area contributed by atoms with Gasteiger partial charge in [-0.1, -0.05) is 137 Å². The van der Waals surface area contributed by atoms with Gasteiger partial charge in [0.15, 0.2) is 6.10 Å². The van der Waals surface area contributed by atoms with Gasteiger partial charge in [-0.05, 0) is 64.2 Å². The van der Waals surface area contributed by atoms with Gasteiger partial charge in [0.05, 0.1) is 6.61 Å². The van der Waals surface area contributed by atoms with Crippen LogP contribution in [0.25, 0.3) is 0 Å². The first-order chi connectivity index (χ1) is 28.4. The van der Waals surface area contributed by atoms with Crippen molar-refractivity contribution in [3.05, 3.63) is 85.1 Å². The van der Waals surface area contributed by atoms with E-state index in [-0.39, 0.29) is 12.8 Å². The zero-order valence-corrected chi connectivity index (χ0v) is 36.1. The molecule has 14 heteroatoms. The summed E-state index contributed by atoms with van der Waals surface area (Å²) in [5.41, 5.74) is 0. The number of esters is 2. The number of aliphatic hydroxyl groups excluding tert-OH is 5. The summed E-state index contributed by atoms with van der Waals surface area (Å²) in [6.45, 7) is 2.98. The third kappa shape index (κ3) is 27.5. The molecule has 0 spiro atoms. The van der Waals surface area contributed by atoms with Crippen LogP contribution < -0.4 is 0 Å². The average molecular weight is 853 g/mol. The van der Waals surface area contributed by atoms with Crippen LogP contribution in [0.2, 0.25) is 0 Å². The number of unbranched alkanes of at least 4 members (excludes halogenated alkanes) is 10. The number of allylic oxidation sites excluding steroid dienone is 14. The monoisotopic (exact) mass is 852 g/mol. The number of rotatable bonds is 33. The van der Waals surface area contributed by atoms with Crippen LogP contribution >= 0.6 is 7.82 Å². The molecule has 59 heavy (non-hydrogen) atoms. The van der Waals surface area contributed by atoms with Crippen LogP contribution in [0.5, 0.6) is 0 Å². The lowest BCUT2D eigenvalue weighted by atomic mass is 9.85. The standard InChI is InChI=1S/C45H73O13P/c1-3-5-7-9-11-13-15-17-19-21-23-25-27-29-31-33-38(46)55-35-37(36-56-59(53,54)58-45-43(51)41(49)40(48)42(50)44(45)52)57-39(47)34-32-30-28-26-24-22-20-18-16-14-12-10-8-6-4-2/h5-9,11-15,17-20,37,40-45,48-52H,3-4,10,16,21-36H2,1-2H3,(H,53,54)/b7-5+,8-6+,11-9+,14-12+,15-13+,19-17+,20-18+/t37-,40?,41-,42?,43?,44?,45?/m1/s1. The van der Waals surface area contributed by atoms with E-state index in [2.05, 4.69) is 62.5 Å². The van der Waals surface area contributed by atoms with Gasteiger partial charge in [-0.25, -0.2) is 4.57 Å². The molecule has 0 heterocycles. The van der Waals surface area contributed by atoms with E-state index >= 15 is 0 Å². The quantitative estimate of drug-likeness (QED) is 0.0123. The van der Waals surface area contributed by atoms with Crippen molar-refractivity contribution in [1.82, 2.24) is 0 Å². The zero-order chi connectivity index (χ0) is 43.6. The smallest absolute Gasteiger partial charge is 0.462 e. The number of hydrogen-bond donors (Lipinski definition) is 6. The van der Waals surface area contributed by atoms with E-state index in [0.717, 1.165) is 89.9 Å². The van der Waals surface area contributed by atoms with Crippen LogP contribution in [-0.2, 0) is 32.7 Å². The van der Waals surface area contributed by atoms with E-state index in [4.69, 9.17) is 18.5 Å². The minimum atomic E-state index is -5.13. The van der Waals surface area contributed by atoms with E-state index in [1.54, 1.807) is 0 Å². The minimum Gasteiger partial charge on any atom is -0.462 e. The second-order valence-electron chi connectivity index (χ2n) is 14.5. The number of carbonyl (C=O) groups excluding carboxylic acids is 2. The van der Waals surface area contributed by atoms with Crippen LogP contribution in [0.15, 0.2) is 85.1 Å². The summed E-state index contributed by atoms with van der Waals surface area (Å²) in [4.78, 5) is 35.6. The number of carbonyl (C=O) groups is 2. The molecule has 0 bridgehead atoms. The SMILES string of the molecule is CC/C=C/C=C/C=C/C=C/CCCCCCCC(=O)OC[C@H](COP(=O)(O)OC1C(O)C(O)C(O)[C@@H](O)C1O)OC(=O)CCCCCCC/C=C/C/C=C/C/C=C/CC. The Morgan fingerprint density at radius 1 is 0.542 bits per heavy atom. The van der Waals surface area contributed by atoms with Gasteiger partial charge in [-0.3, -0.25) is 18.6 Å². The molecular weight excluding hydrogens is 779 g/mol. The first-order valence-electron chi connectivity index (χ1n) is 21.4. The average Bonchev–Trinajstić information content (AvgIpc) is 3.21. The summed E-state index contributed by atoms with van der Waals surface area (Å²) >= 11 is 0. The van der Waals surface area contributed by atoms with E-state index < -0.39 is 75.7 Å². The molecule has 0 aliphatic heterocycles. The Kier molecular flexibility index (Phi) is 31.8. The van der Waals surface area contributed by atoms with E-state index in [9.17, 15) is 44.6 Å². The first-order valence-corrected chi connectivity index (χ1v) is 22.9. The summed E-state index contributed by atoms with van der Waals surface area (Å²) in [7, 11) is -5.13. The maximum absolute atomic E-state index is 12.8. The van der Waals surface area contributed by atoms with Crippen LogP contribution in [0.3, 0.4) is 0 Å². The molecular formula is C45H73O13P. The van der Waals surface area contributed by atoms with Gasteiger partial charge in [0.25, 0.3) is 0 Å². The summed E-state index contributed by atoms with van der Waals surface area (Å²) in [5.74, 6) is -1.16. The van der Waals surface area contributed by atoms with Crippen molar-refractivity contribution in [2.24, 2.45) is 0 Å². The normalized spacial score (nSPS) is 23.2. The Morgan fingerprint density at radius 3 is 1.59 bits per heavy atom. The van der Waals surface area contributed by atoms with E-state index in [1.165, 1.54) is 0 Å². The Hall–Kier alpha value is -2.97. The second-order valence-corrected chi connectivity index (χ2v) is 15.9. The van der Waals surface area contributed by atoms with Gasteiger partial charge in [-0.2, -0.15) is 0 Å². The van der Waals surface area contributed by atoms with Gasteiger partial charge in [0.1, 0.15) is 43.2 Å². The Bertz CT molecular complexity index is 1360. The fraction of sp³-hybridized carbons (Fsp3) is 0.644. The minimum absolute atomic E-state index is 0.0662. The lowest BCUT2D eigenvalue weighted by molar-refractivity contribution is -0.220. The Morgan fingerprint density at radius 2 is 1.00 bits per heavy atom. The molecule has 6 N–H and O–H groups in total. The summed E-state index contributed by atoms with van der Waals surface area (Å²) in [6.07, 6.45) is 30.7. The summed E-state index contributed by atoms with van der Waals surface area (Å²) in [5, 5.41) is 50.1. The van der Waals surface area contributed by atoms with Gasteiger partial charge in [0.2, 0.25) is 0 Å². The van der Waals surface area contributed by atoms with Gasteiger partial charge in [0, 0.05) is 12.8 Å². The van der Waals surface area contributed by atoms with Gasteiger partial charge >= 0.3 is 19.8 Å². The zero-order valence-electron chi connectivity index (χ0n) is 35.3.